The Balaban J connectivity index is 1.98. The van der Waals surface area contributed by atoms with Crippen LogP contribution in [0.3, 0.4) is 0 Å². The van der Waals surface area contributed by atoms with E-state index in [2.05, 4.69) is 13.0 Å². The molecule has 1 aliphatic rings. The molecule has 0 radical (unpaired) electrons. The molecule has 1 fully saturated rings. The molecular formula is C14H17NO3. The van der Waals surface area contributed by atoms with E-state index in [4.69, 9.17) is 19.5 Å². The number of nitrogens with zero attached hydrogens (tertiary/aromatic N) is 1. The summed E-state index contributed by atoms with van der Waals surface area (Å²) in [5.41, 5.74) is 0.560. The molecule has 18 heavy (non-hydrogen) atoms. The number of methoxy groups -OCH3 is 1. The van der Waals surface area contributed by atoms with Gasteiger partial charge in [0.1, 0.15) is 6.61 Å². The molecule has 0 bridgehead atoms. The molecule has 0 aliphatic carbocycles. The van der Waals surface area contributed by atoms with Crippen molar-refractivity contribution in [3.05, 3.63) is 23.8 Å². The van der Waals surface area contributed by atoms with Gasteiger partial charge in [-0.3, -0.25) is 0 Å². The van der Waals surface area contributed by atoms with Gasteiger partial charge in [-0.15, -0.1) is 0 Å². The van der Waals surface area contributed by atoms with Crippen molar-refractivity contribution in [3.63, 3.8) is 0 Å². The van der Waals surface area contributed by atoms with Gasteiger partial charge in [0.05, 0.1) is 31.0 Å². The Morgan fingerprint density at radius 2 is 2.22 bits per heavy atom. The highest BCUT2D eigenvalue weighted by Crippen LogP contribution is 2.29. The quantitative estimate of drug-likeness (QED) is 0.820. The molecule has 1 aromatic carbocycles. The van der Waals surface area contributed by atoms with E-state index in [0.29, 0.717) is 29.8 Å². The molecule has 2 rings (SSSR count). The summed E-state index contributed by atoms with van der Waals surface area (Å²) in [5.74, 6) is 1.24. The first kappa shape index (κ1) is 12.7. The van der Waals surface area contributed by atoms with Gasteiger partial charge >= 0.3 is 0 Å². The van der Waals surface area contributed by atoms with Gasteiger partial charge in [0, 0.05) is 6.07 Å². The molecule has 0 spiro atoms. The SMILES string of the molecule is COc1cc(C#N)ccc1OCC1CCC(C)O1. The fraction of sp³-hybridized carbons (Fsp3) is 0.500. The number of hydrogen-bond acceptors (Lipinski definition) is 4. The van der Waals surface area contributed by atoms with Crippen LogP contribution in [0.5, 0.6) is 11.5 Å². The van der Waals surface area contributed by atoms with Crippen LogP contribution in [0.15, 0.2) is 18.2 Å². The number of hydrogen-bond donors (Lipinski definition) is 0. The maximum absolute atomic E-state index is 8.81. The van der Waals surface area contributed by atoms with E-state index in [1.807, 2.05) is 0 Å². The largest absolute Gasteiger partial charge is 0.493 e. The zero-order chi connectivity index (χ0) is 13.0. The second kappa shape index (κ2) is 5.74. The van der Waals surface area contributed by atoms with Crippen LogP contribution < -0.4 is 9.47 Å². The van der Waals surface area contributed by atoms with Crippen LogP contribution in [0, 0.1) is 11.3 Å². The minimum Gasteiger partial charge on any atom is -0.493 e. The smallest absolute Gasteiger partial charge is 0.162 e. The van der Waals surface area contributed by atoms with E-state index in [1.54, 1.807) is 25.3 Å². The van der Waals surface area contributed by atoms with Crippen LogP contribution >= 0.6 is 0 Å². The fourth-order valence-electron chi connectivity index (χ4n) is 2.05. The van der Waals surface area contributed by atoms with E-state index < -0.39 is 0 Å². The molecule has 4 heteroatoms. The number of ether oxygens (including phenoxy) is 3. The summed E-state index contributed by atoms with van der Waals surface area (Å²) in [4.78, 5) is 0. The predicted molar refractivity (Wildman–Crippen MR) is 66.8 cm³/mol. The number of nitriles is 1. The minimum absolute atomic E-state index is 0.153. The van der Waals surface area contributed by atoms with Gasteiger partial charge in [-0.1, -0.05) is 0 Å². The normalized spacial score (nSPS) is 22.5. The van der Waals surface area contributed by atoms with Gasteiger partial charge in [0.2, 0.25) is 0 Å². The van der Waals surface area contributed by atoms with Gasteiger partial charge in [-0.05, 0) is 31.9 Å². The van der Waals surface area contributed by atoms with Crippen LogP contribution in [0.1, 0.15) is 25.3 Å². The highest BCUT2D eigenvalue weighted by molar-refractivity contribution is 5.46. The van der Waals surface area contributed by atoms with Crippen molar-refractivity contribution < 1.29 is 14.2 Å². The molecular weight excluding hydrogens is 230 g/mol. The van der Waals surface area contributed by atoms with E-state index in [0.717, 1.165) is 12.8 Å². The Kier molecular flexibility index (Phi) is 4.06. The zero-order valence-corrected chi connectivity index (χ0v) is 10.7. The summed E-state index contributed by atoms with van der Waals surface area (Å²) >= 11 is 0. The second-order valence-electron chi connectivity index (χ2n) is 4.43. The lowest BCUT2D eigenvalue weighted by atomic mass is 10.2. The summed E-state index contributed by atoms with van der Waals surface area (Å²) in [7, 11) is 1.57. The Hall–Kier alpha value is -1.73. The fourth-order valence-corrected chi connectivity index (χ4v) is 2.05. The molecule has 0 amide bonds. The lowest BCUT2D eigenvalue weighted by Crippen LogP contribution is -2.18. The van der Waals surface area contributed by atoms with Crippen molar-refractivity contribution in [2.75, 3.05) is 13.7 Å². The van der Waals surface area contributed by atoms with Crippen LogP contribution in [0.4, 0.5) is 0 Å². The van der Waals surface area contributed by atoms with Crippen LogP contribution in [0.2, 0.25) is 0 Å². The molecule has 0 N–H and O–H groups in total. The molecule has 0 saturated carbocycles. The maximum Gasteiger partial charge on any atom is 0.162 e. The summed E-state index contributed by atoms with van der Waals surface area (Å²) in [6.07, 6.45) is 2.58. The van der Waals surface area contributed by atoms with Crippen LogP contribution in [-0.4, -0.2) is 25.9 Å². The van der Waals surface area contributed by atoms with E-state index in [-0.39, 0.29) is 6.10 Å². The van der Waals surface area contributed by atoms with E-state index in [9.17, 15) is 0 Å². The number of benzene rings is 1. The third-order valence-electron chi connectivity index (χ3n) is 3.04. The molecule has 1 saturated heterocycles. The second-order valence-corrected chi connectivity index (χ2v) is 4.43. The van der Waals surface area contributed by atoms with Gasteiger partial charge in [-0.25, -0.2) is 0 Å². The Morgan fingerprint density at radius 1 is 1.39 bits per heavy atom. The average molecular weight is 247 g/mol. The zero-order valence-electron chi connectivity index (χ0n) is 10.7. The molecule has 1 aliphatic heterocycles. The molecule has 0 aromatic heterocycles. The minimum atomic E-state index is 0.153. The highest BCUT2D eigenvalue weighted by Gasteiger charge is 2.22. The summed E-state index contributed by atoms with van der Waals surface area (Å²) in [5, 5.41) is 8.81. The van der Waals surface area contributed by atoms with Crippen molar-refractivity contribution in [3.8, 4) is 17.6 Å². The molecule has 96 valence electrons. The van der Waals surface area contributed by atoms with Crippen LogP contribution in [-0.2, 0) is 4.74 Å². The third-order valence-corrected chi connectivity index (χ3v) is 3.04. The van der Waals surface area contributed by atoms with Crippen molar-refractivity contribution >= 4 is 0 Å². The summed E-state index contributed by atoms with van der Waals surface area (Å²) in [6.45, 7) is 2.59. The van der Waals surface area contributed by atoms with Crippen molar-refractivity contribution in [1.82, 2.24) is 0 Å². The molecule has 1 aromatic rings. The van der Waals surface area contributed by atoms with Gasteiger partial charge in [0.25, 0.3) is 0 Å². The first-order valence-corrected chi connectivity index (χ1v) is 6.09. The van der Waals surface area contributed by atoms with E-state index >= 15 is 0 Å². The standard InChI is InChI=1S/C14H17NO3/c1-10-3-5-12(18-10)9-17-13-6-4-11(8-15)7-14(13)16-2/h4,6-7,10,12H,3,5,9H2,1-2H3. The van der Waals surface area contributed by atoms with Crippen molar-refractivity contribution in [2.45, 2.75) is 32.0 Å². The van der Waals surface area contributed by atoms with E-state index in [1.165, 1.54) is 0 Å². The van der Waals surface area contributed by atoms with Crippen molar-refractivity contribution in [2.24, 2.45) is 0 Å². The lowest BCUT2D eigenvalue weighted by molar-refractivity contribution is 0.0259. The molecule has 4 nitrogen and oxygen atoms in total. The van der Waals surface area contributed by atoms with Gasteiger partial charge in [0.15, 0.2) is 11.5 Å². The molecule has 1 heterocycles. The third kappa shape index (κ3) is 2.93. The lowest BCUT2D eigenvalue weighted by Gasteiger charge is -2.14. The average Bonchev–Trinajstić information content (AvgIpc) is 2.82. The van der Waals surface area contributed by atoms with Gasteiger partial charge in [-0.2, -0.15) is 5.26 Å². The van der Waals surface area contributed by atoms with Crippen LogP contribution in [0.25, 0.3) is 0 Å². The molecule has 2 atom stereocenters. The predicted octanol–water partition coefficient (Wildman–Crippen LogP) is 2.51. The Morgan fingerprint density at radius 3 is 2.83 bits per heavy atom. The Labute approximate surface area is 107 Å². The molecule has 2 unspecified atom stereocenters. The Bertz CT molecular complexity index is 453. The number of rotatable bonds is 4. The summed E-state index contributed by atoms with van der Waals surface area (Å²) in [6, 6.07) is 7.22. The first-order chi connectivity index (χ1) is 8.72. The topological polar surface area (TPSA) is 51.5 Å². The monoisotopic (exact) mass is 247 g/mol. The highest BCUT2D eigenvalue weighted by atomic mass is 16.6. The first-order valence-electron chi connectivity index (χ1n) is 6.09. The summed E-state index contributed by atoms with van der Waals surface area (Å²) < 4.78 is 16.6. The van der Waals surface area contributed by atoms with Gasteiger partial charge < -0.3 is 14.2 Å². The van der Waals surface area contributed by atoms with Crippen molar-refractivity contribution in [1.29, 1.82) is 5.26 Å². The maximum atomic E-state index is 8.81.